The van der Waals surface area contributed by atoms with Gasteiger partial charge in [0.15, 0.2) is 5.78 Å². The van der Waals surface area contributed by atoms with Crippen LogP contribution in [-0.2, 0) is 0 Å². The second-order valence-corrected chi connectivity index (χ2v) is 12.9. The number of ketones is 1. The van der Waals surface area contributed by atoms with Crippen molar-refractivity contribution in [2.75, 3.05) is 0 Å². The summed E-state index contributed by atoms with van der Waals surface area (Å²) in [5.74, 6) is 0.0153. The lowest BCUT2D eigenvalue weighted by Gasteiger charge is -2.29. The standard InChI is InChI=1S/C37H26NOP/c39-37-33-26-14-18-27-17-13-25-32(34(27)33)36(35(37)28-15-5-1-6-16-28)38-40(29-19-7-2-8-20-29,30-21-9-3-10-22-30)31-23-11-4-12-24-31/h1-26H. The third-order valence-electron chi connectivity index (χ3n) is 7.57. The summed E-state index contributed by atoms with van der Waals surface area (Å²) in [6.45, 7) is 0. The molecule has 0 unspecified atom stereocenters. The van der Waals surface area contributed by atoms with Crippen molar-refractivity contribution in [2.24, 2.45) is 4.74 Å². The zero-order chi connectivity index (χ0) is 26.9. The molecule has 0 aliphatic heterocycles. The first kappa shape index (κ1) is 24.3. The summed E-state index contributed by atoms with van der Waals surface area (Å²) >= 11 is 0. The predicted molar refractivity (Wildman–Crippen MR) is 169 cm³/mol. The molecule has 2 nitrogen and oxygen atoms in total. The molecule has 0 bridgehead atoms. The normalized spacial score (nSPS) is 12.9. The van der Waals surface area contributed by atoms with E-state index in [-0.39, 0.29) is 5.78 Å². The van der Waals surface area contributed by atoms with Gasteiger partial charge in [0.1, 0.15) is 0 Å². The zero-order valence-corrected chi connectivity index (χ0v) is 22.7. The van der Waals surface area contributed by atoms with E-state index in [0.29, 0.717) is 5.57 Å². The number of carbonyl (C=O) groups excluding carboxylic acids is 1. The van der Waals surface area contributed by atoms with Crippen LogP contribution in [0.3, 0.4) is 0 Å². The van der Waals surface area contributed by atoms with Crippen molar-refractivity contribution in [1.29, 1.82) is 0 Å². The third kappa shape index (κ3) is 3.88. The molecule has 0 amide bonds. The number of carbonyl (C=O) groups is 1. The van der Waals surface area contributed by atoms with Gasteiger partial charge in [-0.1, -0.05) is 158 Å². The topological polar surface area (TPSA) is 29.4 Å². The van der Waals surface area contributed by atoms with Gasteiger partial charge >= 0.3 is 0 Å². The van der Waals surface area contributed by atoms with E-state index in [1.165, 1.54) is 0 Å². The van der Waals surface area contributed by atoms with Crippen LogP contribution < -0.4 is 15.9 Å². The van der Waals surface area contributed by atoms with Crippen molar-refractivity contribution in [1.82, 2.24) is 0 Å². The molecule has 0 saturated heterocycles. The van der Waals surface area contributed by atoms with Crippen LogP contribution in [0.15, 0.2) is 162 Å². The Labute approximate surface area is 234 Å². The molecule has 7 rings (SSSR count). The van der Waals surface area contributed by atoms with E-state index in [4.69, 9.17) is 4.74 Å². The maximum absolute atomic E-state index is 14.4. The highest BCUT2D eigenvalue weighted by molar-refractivity contribution is 7.87. The highest BCUT2D eigenvalue weighted by Crippen LogP contribution is 2.52. The van der Waals surface area contributed by atoms with Crippen LogP contribution in [0.4, 0.5) is 0 Å². The minimum atomic E-state index is -2.61. The zero-order valence-electron chi connectivity index (χ0n) is 21.8. The van der Waals surface area contributed by atoms with Crippen molar-refractivity contribution >= 4 is 50.8 Å². The number of benzene rings is 6. The Bertz CT molecular complexity index is 1840. The smallest absolute Gasteiger partial charge is 0.196 e. The fraction of sp³-hybridized carbons (Fsp3) is 0. The third-order valence-corrected chi connectivity index (χ3v) is 11.2. The van der Waals surface area contributed by atoms with E-state index in [9.17, 15) is 4.79 Å². The minimum absolute atomic E-state index is 0.0153. The van der Waals surface area contributed by atoms with E-state index < -0.39 is 7.05 Å². The quantitative estimate of drug-likeness (QED) is 0.207. The lowest BCUT2D eigenvalue weighted by Crippen LogP contribution is -2.25. The lowest BCUT2D eigenvalue weighted by molar-refractivity contribution is 0.105. The average molecular weight is 532 g/mol. The molecule has 0 aromatic heterocycles. The van der Waals surface area contributed by atoms with Crippen LogP contribution in [-0.4, -0.2) is 5.78 Å². The van der Waals surface area contributed by atoms with Gasteiger partial charge in [-0.15, -0.1) is 0 Å². The van der Waals surface area contributed by atoms with Gasteiger partial charge < -0.3 is 0 Å². The van der Waals surface area contributed by atoms with Crippen LogP contribution in [0.2, 0.25) is 0 Å². The molecule has 0 N–H and O–H groups in total. The molecule has 0 radical (unpaired) electrons. The Morgan fingerprint density at radius 3 is 1.40 bits per heavy atom. The van der Waals surface area contributed by atoms with Crippen molar-refractivity contribution < 1.29 is 4.79 Å². The summed E-state index contributed by atoms with van der Waals surface area (Å²) in [4.78, 5) is 14.4. The van der Waals surface area contributed by atoms with Gasteiger partial charge in [-0.3, -0.25) is 9.54 Å². The summed E-state index contributed by atoms with van der Waals surface area (Å²) < 4.78 is 5.88. The maximum atomic E-state index is 14.4. The molecule has 0 saturated carbocycles. The summed E-state index contributed by atoms with van der Waals surface area (Å²) in [6, 6.07) is 54.0. The maximum Gasteiger partial charge on any atom is 0.196 e. The molecule has 40 heavy (non-hydrogen) atoms. The van der Waals surface area contributed by atoms with Gasteiger partial charge in [-0.05, 0) is 10.9 Å². The highest BCUT2D eigenvalue weighted by Gasteiger charge is 2.33. The molecule has 0 atom stereocenters. The first-order valence-electron chi connectivity index (χ1n) is 13.4. The van der Waals surface area contributed by atoms with Gasteiger partial charge in [0, 0.05) is 32.4 Å². The summed E-state index contributed by atoms with van der Waals surface area (Å²) in [7, 11) is -2.61. The van der Waals surface area contributed by atoms with Crippen molar-refractivity contribution in [3.63, 3.8) is 0 Å². The average Bonchev–Trinajstić information content (AvgIpc) is 3.04. The fourth-order valence-electron chi connectivity index (χ4n) is 5.78. The van der Waals surface area contributed by atoms with E-state index in [1.807, 2.05) is 60.7 Å². The number of allylic oxidation sites excluding steroid dienone is 1. The molecule has 3 heteroatoms. The highest BCUT2D eigenvalue weighted by atomic mass is 31.2. The molecular weight excluding hydrogens is 505 g/mol. The molecule has 0 spiro atoms. The van der Waals surface area contributed by atoms with Crippen LogP contribution in [0.25, 0.3) is 22.0 Å². The van der Waals surface area contributed by atoms with Crippen LogP contribution in [0.1, 0.15) is 21.5 Å². The van der Waals surface area contributed by atoms with Crippen molar-refractivity contribution in [3.8, 4) is 0 Å². The Morgan fingerprint density at radius 1 is 0.450 bits per heavy atom. The van der Waals surface area contributed by atoms with Crippen molar-refractivity contribution in [3.05, 3.63) is 174 Å². The second kappa shape index (κ2) is 10.1. The molecule has 6 aromatic rings. The summed E-state index contributed by atoms with van der Waals surface area (Å²) in [5.41, 5.74) is 4.02. The second-order valence-electron chi connectivity index (χ2n) is 9.87. The van der Waals surface area contributed by atoms with Crippen LogP contribution in [0, 0.1) is 0 Å². The van der Waals surface area contributed by atoms with E-state index >= 15 is 0 Å². The monoisotopic (exact) mass is 531 g/mol. The summed E-state index contributed by atoms with van der Waals surface area (Å²) in [5, 5.41) is 5.45. The largest absolute Gasteiger partial charge is 0.288 e. The lowest BCUT2D eigenvalue weighted by atomic mass is 9.83. The Hall–Kier alpha value is -4.78. The molecule has 0 heterocycles. The molecule has 1 aliphatic rings. The van der Waals surface area contributed by atoms with Gasteiger partial charge in [-0.25, -0.2) is 0 Å². The molecule has 1 aliphatic carbocycles. The van der Waals surface area contributed by atoms with Crippen molar-refractivity contribution in [2.45, 2.75) is 0 Å². The molecule has 6 aromatic carbocycles. The number of Topliss-reactive ketones (excluding diaryl/α,β-unsaturated/α-hetero) is 1. The fourth-order valence-corrected chi connectivity index (χ4v) is 9.34. The van der Waals surface area contributed by atoms with E-state index in [1.54, 1.807) is 0 Å². The molecule has 0 fully saturated rings. The van der Waals surface area contributed by atoms with E-state index in [0.717, 1.165) is 49.1 Å². The predicted octanol–water partition coefficient (Wildman–Crippen LogP) is 8.08. The minimum Gasteiger partial charge on any atom is -0.288 e. The number of hydrogen-bond acceptors (Lipinski definition) is 2. The summed E-state index contributed by atoms with van der Waals surface area (Å²) in [6.07, 6.45) is 0. The van der Waals surface area contributed by atoms with Gasteiger partial charge in [0.2, 0.25) is 0 Å². The first-order valence-corrected chi connectivity index (χ1v) is 15.2. The number of rotatable bonds is 5. The van der Waals surface area contributed by atoms with Crippen LogP contribution >= 0.6 is 7.05 Å². The SMILES string of the molecule is O=C1C(c2ccccc2)=C(N=P(c2ccccc2)(c2ccccc2)c2ccccc2)c2cccc3cccc1c23. The van der Waals surface area contributed by atoms with Gasteiger partial charge in [0.05, 0.1) is 18.3 Å². The van der Waals surface area contributed by atoms with Gasteiger partial charge in [-0.2, -0.15) is 0 Å². The molecule has 190 valence electrons. The van der Waals surface area contributed by atoms with Crippen LogP contribution in [0.5, 0.6) is 0 Å². The Balaban J connectivity index is 1.71. The van der Waals surface area contributed by atoms with E-state index in [2.05, 4.69) is 97.1 Å². The number of hydrogen-bond donors (Lipinski definition) is 0. The Kier molecular flexibility index (Phi) is 6.11. The number of nitrogens with zero attached hydrogens (tertiary/aromatic N) is 1. The molecular formula is C37H26NOP. The first-order chi connectivity index (χ1) is 19.8. The van der Waals surface area contributed by atoms with Gasteiger partial charge in [0.25, 0.3) is 0 Å². The Morgan fingerprint density at radius 2 is 0.900 bits per heavy atom.